The van der Waals surface area contributed by atoms with Gasteiger partial charge in [0.05, 0.1) is 22.2 Å². The Morgan fingerprint density at radius 2 is 1.82 bits per heavy atom. The Labute approximate surface area is 195 Å². The van der Waals surface area contributed by atoms with Gasteiger partial charge in [0.2, 0.25) is 10.0 Å². The number of hydrogen-bond acceptors (Lipinski definition) is 6. The number of aromatic nitrogens is 1. The van der Waals surface area contributed by atoms with Crippen molar-refractivity contribution in [3.8, 4) is 5.75 Å². The first-order chi connectivity index (χ1) is 15.9. The van der Waals surface area contributed by atoms with Crippen LogP contribution in [0.2, 0.25) is 0 Å². The minimum Gasteiger partial charge on any atom is -0.497 e. The largest absolute Gasteiger partial charge is 0.497 e. The molecule has 7 nitrogen and oxygen atoms in total. The molecule has 0 fully saturated rings. The molecule has 0 aliphatic carbocycles. The molecule has 0 unspecified atom stereocenters. The van der Waals surface area contributed by atoms with Crippen LogP contribution in [0, 0.1) is 0 Å². The summed E-state index contributed by atoms with van der Waals surface area (Å²) in [5, 5.41) is 3.25. The van der Waals surface area contributed by atoms with E-state index in [4.69, 9.17) is 4.74 Å². The summed E-state index contributed by atoms with van der Waals surface area (Å²) in [6, 6.07) is 19.4. The highest BCUT2D eigenvalue weighted by Gasteiger charge is 2.28. The van der Waals surface area contributed by atoms with Gasteiger partial charge in [-0.15, -0.1) is 0 Å². The van der Waals surface area contributed by atoms with E-state index in [1.807, 2.05) is 42.5 Å². The Balaban J connectivity index is 1.31. The molecule has 0 saturated carbocycles. The second-order valence-electron chi connectivity index (χ2n) is 7.69. The molecule has 4 aromatic rings. The Kier molecular flexibility index (Phi) is 5.61. The van der Waals surface area contributed by atoms with Crippen molar-refractivity contribution in [3.05, 3.63) is 83.4 Å². The van der Waals surface area contributed by atoms with Gasteiger partial charge >= 0.3 is 0 Å². The number of sulfonamides is 1. The van der Waals surface area contributed by atoms with Crippen molar-refractivity contribution >= 4 is 42.6 Å². The fourth-order valence-electron chi connectivity index (χ4n) is 3.86. The monoisotopic (exact) mass is 479 g/mol. The average molecular weight is 480 g/mol. The molecule has 0 atom stereocenters. The number of ether oxygens (including phenoxy) is 1. The van der Waals surface area contributed by atoms with Gasteiger partial charge in [-0.1, -0.05) is 35.6 Å². The number of fused-ring (bicyclic) bond motifs is 2. The lowest BCUT2D eigenvalue weighted by atomic mass is 10.0. The minimum absolute atomic E-state index is 0.172. The quantitative estimate of drug-likeness (QED) is 0.461. The molecule has 0 bridgehead atoms. The second kappa shape index (κ2) is 8.58. The summed E-state index contributed by atoms with van der Waals surface area (Å²) >= 11 is 1.34. The van der Waals surface area contributed by atoms with Crippen LogP contribution < -0.4 is 10.1 Å². The summed E-state index contributed by atoms with van der Waals surface area (Å²) in [7, 11) is -2.05. The molecule has 1 amide bonds. The van der Waals surface area contributed by atoms with Crippen molar-refractivity contribution in [2.45, 2.75) is 17.9 Å². The van der Waals surface area contributed by atoms with Gasteiger partial charge in [-0.2, -0.15) is 4.31 Å². The maximum atomic E-state index is 13.1. The predicted octanol–water partition coefficient (Wildman–Crippen LogP) is 4.30. The van der Waals surface area contributed by atoms with Gasteiger partial charge in [0.25, 0.3) is 5.91 Å². The van der Waals surface area contributed by atoms with Crippen molar-refractivity contribution in [2.75, 3.05) is 19.0 Å². The molecule has 9 heteroatoms. The number of benzene rings is 3. The zero-order valence-electron chi connectivity index (χ0n) is 17.8. The first-order valence-electron chi connectivity index (χ1n) is 10.4. The highest BCUT2D eigenvalue weighted by molar-refractivity contribution is 7.89. The van der Waals surface area contributed by atoms with E-state index in [-0.39, 0.29) is 10.8 Å². The maximum Gasteiger partial charge on any atom is 0.257 e. The lowest BCUT2D eigenvalue weighted by molar-refractivity contribution is 0.102. The van der Waals surface area contributed by atoms with Crippen LogP contribution in [-0.4, -0.2) is 37.3 Å². The van der Waals surface area contributed by atoms with Crippen molar-refractivity contribution in [1.82, 2.24) is 9.29 Å². The maximum absolute atomic E-state index is 13.1. The van der Waals surface area contributed by atoms with E-state index >= 15 is 0 Å². The lowest BCUT2D eigenvalue weighted by Gasteiger charge is -2.28. The van der Waals surface area contributed by atoms with Gasteiger partial charge in [0, 0.05) is 18.7 Å². The lowest BCUT2D eigenvalue weighted by Crippen LogP contribution is -2.35. The van der Waals surface area contributed by atoms with E-state index in [2.05, 4.69) is 10.3 Å². The van der Waals surface area contributed by atoms with Gasteiger partial charge in [0.15, 0.2) is 5.13 Å². The summed E-state index contributed by atoms with van der Waals surface area (Å²) < 4.78 is 33.9. The molecule has 1 aromatic heterocycles. The molecule has 1 aliphatic heterocycles. The van der Waals surface area contributed by atoms with E-state index in [1.165, 1.54) is 45.5 Å². The van der Waals surface area contributed by atoms with Gasteiger partial charge in [0.1, 0.15) is 5.75 Å². The number of carbonyl (C=O) groups excluding carboxylic acids is 1. The van der Waals surface area contributed by atoms with Crippen LogP contribution in [-0.2, 0) is 23.0 Å². The molecule has 1 aliphatic rings. The zero-order valence-corrected chi connectivity index (χ0v) is 19.4. The van der Waals surface area contributed by atoms with E-state index in [1.54, 1.807) is 7.11 Å². The fourth-order valence-corrected chi connectivity index (χ4v) is 6.17. The van der Waals surface area contributed by atoms with Crippen LogP contribution in [0.1, 0.15) is 21.5 Å². The summed E-state index contributed by atoms with van der Waals surface area (Å²) in [6.45, 7) is 0.785. The molecule has 2 heterocycles. The SMILES string of the molecule is COc1ccc2nc(NC(=O)c3ccc(S(=O)(=O)N4CCc5ccccc5C4)cc3)sc2c1. The summed E-state index contributed by atoms with van der Waals surface area (Å²) in [6.07, 6.45) is 0.684. The molecular weight excluding hydrogens is 458 g/mol. The number of anilines is 1. The molecule has 0 radical (unpaired) electrons. The third kappa shape index (κ3) is 4.22. The van der Waals surface area contributed by atoms with Gasteiger partial charge in [-0.3, -0.25) is 10.1 Å². The number of hydrogen-bond donors (Lipinski definition) is 1. The van der Waals surface area contributed by atoms with E-state index < -0.39 is 10.0 Å². The standard InChI is InChI=1S/C24H21N3O4S2/c1-31-19-8-11-21-22(14-19)32-24(25-21)26-23(28)17-6-9-20(10-7-17)33(29,30)27-13-12-16-4-2-3-5-18(16)15-27/h2-11,14H,12-13,15H2,1H3,(H,25,26,28). The molecule has 5 rings (SSSR count). The normalized spacial score (nSPS) is 14.1. The number of carbonyl (C=O) groups is 1. The smallest absolute Gasteiger partial charge is 0.257 e. The summed E-state index contributed by atoms with van der Waals surface area (Å²) in [5.41, 5.74) is 3.33. The van der Waals surface area contributed by atoms with Crippen LogP contribution in [0.4, 0.5) is 5.13 Å². The third-order valence-corrected chi connectivity index (χ3v) is 8.46. The van der Waals surface area contributed by atoms with Crippen LogP contribution in [0.3, 0.4) is 0 Å². The molecule has 3 aromatic carbocycles. The van der Waals surface area contributed by atoms with Crippen LogP contribution >= 0.6 is 11.3 Å². The highest BCUT2D eigenvalue weighted by atomic mass is 32.2. The predicted molar refractivity (Wildman–Crippen MR) is 128 cm³/mol. The Bertz CT molecular complexity index is 1450. The topological polar surface area (TPSA) is 88.6 Å². The van der Waals surface area contributed by atoms with Gasteiger partial charge < -0.3 is 4.74 Å². The number of amides is 1. The number of methoxy groups -OCH3 is 1. The molecular formula is C24H21N3O4S2. The fraction of sp³-hybridized carbons (Fsp3) is 0.167. The highest BCUT2D eigenvalue weighted by Crippen LogP contribution is 2.30. The van der Waals surface area contributed by atoms with Crippen molar-refractivity contribution in [3.63, 3.8) is 0 Å². The van der Waals surface area contributed by atoms with Crippen LogP contribution in [0.25, 0.3) is 10.2 Å². The number of thiazole rings is 1. The van der Waals surface area contributed by atoms with Gasteiger partial charge in [-0.05, 0) is 60.0 Å². The van der Waals surface area contributed by atoms with Crippen molar-refractivity contribution in [1.29, 1.82) is 0 Å². The first-order valence-corrected chi connectivity index (χ1v) is 12.6. The first kappa shape index (κ1) is 21.6. The molecule has 0 spiro atoms. The number of rotatable bonds is 5. The minimum atomic E-state index is -3.65. The van der Waals surface area contributed by atoms with E-state index in [0.29, 0.717) is 30.2 Å². The van der Waals surface area contributed by atoms with Crippen molar-refractivity contribution in [2.24, 2.45) is 0 Å². The Hall–Kier alpha value is -3.27. The molecule has 33 heavy (non-hydrogen) atoms. The average Bonchev–Trinajstić information content (AvgIpc) is 3.25. The van der Waals surface area contributed by atoms with Gasteiger partial charge in [-0.25, -0.2) is 13.4 Å². The number of nitrogens with one attached hydrogen (secondary N) is 1. The Morgan fingerprint density at radius 3 is 2.58 bits per heavy atom. The summed E-state index contributed by atoms with van der Waals surface area (Å²) in [5.74, 6) is 0.370. The molecule has 1 N–H and O–H groups in total. The van der Waals surface area contributed by atoms with Crippen LogP contribution in [0.5, 0.6) is 5.75 Å². The van der Waals surface area contributed by atoms with Crippen LogP contribution in [0.15, 0.2) is 71.6 Å². The zero-order chi connectivity index (χ0) is 23.0. The second-order valence-corrected chi connectivity index (χ2v) is 10.7. The number of nitrogens with zero attached hydrogens (tertiary/aromatic N) is 2. The van der Waals surface area contributed by atoms with E-state index in [0.717, 1.165) is 21.5 Å². The summed E-state index contributed by atoms with van der Waals surface area (Å²) in [4.78, 5) is 17.3. The van der Waals surface area contributed by atoms with E-state index in [9.17, 15) is 13.2 Å². The third-order valence-electron chi connectivity index (χ3n) is 5.67. The molecule has 0 saturated heterocycles. The Morgan fingerprint density at radius 1 is 1.06 bits per heavy atom. The van der Waals surface area contributed by atoms with Crippen molar-refractivity contribution < 1.29 is 17.9 Å². The molecule has 168 valence electrons.